The minimum absolute atomic E-state index is 0.105. The first kappa shape index (κ1) is 26.2. The van der Waals surface area contributed by atoms with E-state index in [0.717, 1.165) is 9.36 Å². The third kappa shape index (κ3) is 4.53. The molecule has 1 amide bonds. The number of hydrogen-bond acceptors (Lipinski definition) is 6. The smallest absolute Gasteiger partial charge is 0.431 e. The van der Waals surface area contributed by atoms with Gasteiger partial charge in [-0.3, -0.25) is 19.0 Å². The van der Waals surface area contributed by atoms with E-state index >= 15 is 0 Å². The van der Waals surface area contributed by atoms with Crippen LogP contribution in [0.15, 0.2) is 58.3 Å². The first-order valence-corrected chi connectivity index (χ1v) is 11.7. The highest BCUT2D eigenvalue weighted by Gasteiger charge is 2.24. The summed E-state index contributed by atoms with van der Waals surface area (Å²) >= 11 is 6.12. The van der Waals surface area contributed by atoms with Crippen molar-refractivity contribution in [1.29, 1.82) is 5.26 Å². The molecular weight excluding hydrogens is 514 g/mol. The van der Waals surface area contributed by atoms with Crippen molar-refractivity contribution in [3.8, 4) is 22.9 Å². The van der Waals surface area contributed by atoms with E-state index in [-0.39, 0.29) is 28.8 Å². The molecule has 11 nitrogen and oxygen atoms in total. The van der Waals surface area contributed by atoms with Gasteiger partial charge in [-0.1, -0.05) is 18.5 Å². The summed E-state index contributed by atoms with van der Waals surface area (Å²) in [6, 6.07) is 11.3. The Balaban J connectivity index is 1.73. The van der Waals surface area contributed by atoms with Crippen LogP contribution in [0.5, 0.6) is 5.75 Å². The summed E-state index contributed by atoms with van der Waals surface area (Å²) < 4.78 is 8.45. The van der Waals surface area contributed by atoms with Gasteiger partial charge in [-0.15, -0.1) is 0 Å². The Bertz CT molecular complexity index is 1760. The van der Waals surface area contributed by atoms with Crippen LogP contribution < -0.4 is 21.2 Å². The number of carbonyl (C=O) groups excluding carboxylic acids is 1. The Labute approximate surface area is 220 Å². The Kier molecular flexibility index (Phi) is 7.10. The summed E-state index contributed by atoms with van der Waals surface area (Å²) in [6.45, 7) is 1.73. The predicted octanol–water partition coefficient (Wildman–Crippen LogP) is 3.82. The summed E-state index contributed by atoms with van der Waals surface area (Å²) in [7, 11) is 2.73. The van der Waals surface area contributed by atoms with E-state index in [0.29, 0.717) is 21.7 Å². The van der Waals surface area contributed by atoms with Crippen molar-refractivity contribution in [2.75, 3.05) is 12.4 Å². The van der Waals surface area contributed by atoms with Gasteiger partial charge < -0.3 is 15.2 Å². The third-order valence-electron chi connectivity index (χ3n) is 6.18. The average Bonchev–Trinajstić information content (AvgIpc) is 3.14. The number of pyridine rings is 1. The van der Waals surface area contributed by atoms with Gasteiger partial charge in [0.05, 0.1) is 35.8 Å². The number of ether oxygens (including phenoxy) is 1. The van der Waals surface area contributed by atoms with Crippen molar-refractivity contribution in [2.24, 2.45) is 7.05 Å². The zero-order valence-corrected chi connectivity index (χ0v) is 21.3. The number of rotatable bonds is 6. The van der Waals surface area contributed by atoms with E-state index in [1.54, 1.807) is 25.1 Å². The van der Waals surface area contributed by atoms with Crippen LogP contribution >= 0.6 is 11.6 Å². The lowest BCUT2D eigenvalue weighted by molar-refractivity contribution is -0.119. The van der Waals surface area contributed by atoms with E-state index in [2.05, 4.69) is 11.4 Å². The van der Waals surface area contributed by atoms with Crippen LogP contribution in [0, 0.1) is 11.3 Å². The van der Waals surface area contributed by atoms with Gasteiger partial charge >= 0.3 is 6.09 Å². The van der Waals surface area contributed by atoms with Gasteiger partial charge in [0.25, 0.3) is 11.1 Å². The maximum Gasteiger partial charge on any atom is 0.431 e. The number of methoxy groups -OCH3 is 1. The molecule has 0 bridgehead atoms. The van der Waals surface area contributed by atoms with Crippen molar-refractivity contribution < 1.29 is 19.4 Å². The number of halogens is 1. The number of amides is 1. The van der Waals surface area contributed by atoms with E-state index in [4.69, 9.17) is 16.3 Å². The molecule has 4 rings (SSSR count). The number of carboxylic acid groups (broad SMARTS) is 1. The lowest BCUT2D eigenvalue weighted by atomic mass is 10.00. The number of benzene rings is 2. The molecule has 4 aromatic rings. The lowest BCUT2D eigenvalue weighted by Gasteiger charge is -2.20. The SMILES string of the molecule is CCC(C(=O)Nc1ccc2c(=O)n(C)n(C(=O)O)c2c1)n1cc(OC)c(-c2cc(Cl)ccc2C#N)cc1=O. The Morgan fingerprint density at radius 1 is 1.16 bits per heavy atom. The predicted molar refractivity (Wildman–Crippen MR) is 141 cm³/mol. The second-order valence-electron chi connectivity index (χ2n) is 8.37. The standard InChI is InChI=1S/C26H22ClN5O6/c1-4-20(24(34)29-16-7-8-17-21(10-16)32(26(36)37)30(2)25(17)35)31-13-22(38-3)19(11-23(31)33)18-9-15(27)6-5-14(18)12-28/h5-11,13,20H,4H2,1-3H3,(H,29,34)(H,36,37). The van der Waals surface area contributed by atoms with Gasteiger partial charge in [0.2, 0.25) is 5.91 Å². The molecule has 2 aromatic carbocycles. The molecule has 0 aliphatic rings. The number of fused-ring (bicyclic) bond motifs is 1. The van der Waals surface area contributed by atoms with Gasteiger partial charge in [-0.25, -0.2) is 9.48 Å². The Hall–Kier alpha value is -4.82. The summed E-state index contributed by atoms with van der Waals surface area (Å²) in [4.78, 5) is 50.4. The summed E-state index contributed by atoms with van der Waals surface area (Å²) in [6.07, 6.45) is 0.283. The first-order chi connectivity index (χ1) is 18.1. The zero-order chi connectivity index (χ0) is 27.7. The fraction of sp³-hybridized carbons (Fsp3) is 0.192. The van der Waals surface area contributed by atoms with Crippen LogP contribution in [-0.2, 0) is 11.8 Å². The summed E-state index contributed by atoms with van der Waals surface area (Å²) in [5, 5.41) is 22.3. The number of anilines is 1. The molecule has 0 aliphatic carbocycles. The highest BCUT2D eigenvalue weighted by Crippen LogP contribution is 2.33. The molecule has 0 spiro atoms. The van der Waals surface area contributed by atoms with Crippen LogP contribution in [-0.4, -0.2) is 38.1 Å². The summed E-state index contributed by atoms with van der Waals surface area (Å²) in [5.41, 5.74) is 0.411. The number of nitriles is 1. The third-order valence-corrected chi connectivity index (χ3v) is 6.42. The molecule has 2 aromatic heterocycles. The van der Waals surface area contributed by atoms with Crippen LogP contribution in [0.3, 0.4) is 0 Å². The molecule has 12 heteroatoms. The van der Waals surface area contributed by atoms with Gasteiger partial charge in [0.15, 0.2) is 0 Å². The molecule has 1 unspecified atom stereocenters. The maximum absolute atomic E-state index is 13.3. The fourth-order valence-electron chi connectivity index (χ4n) is 4.34. The monoisotopic (exact) mass is 535 g/mol. The van der Waals surface area contributed by atoms with Crippen molar-refractivity contribution in [3.63, 3.8) is 0 Å². The molecular formula is C26H22ClN5O6. The van der Waals surface area contributed by atoms with Crippen molar-refractivity contribution in [2.45, 2.75) is 19.4 Å². The van der Waals surface area contributed by atoms with E-state index in [1.165, 1.54) is 49.2 Å². The minimum Gasteiger partial charge on any atom is -0.495 e. The van der Waals surface area contributed by atoms with Crippen molar-refractivity contribution in [3.05, 3.63) is 80.0 Å². The number of nitrogens with zero attached hydrogens (tertiary/aromatic N) is 4. The summed E-state index contributed by atoms with van der Waals surface area (Å²) in [5.74, 6) is -0.282. The number of carbonyl (C=O) groups is 2. The van der Waals surface area contributed by atoms with Gasteiger partial charge in [0.1, 0.15) is 11.8 Å². The zero-order valence-electron chi connectivity index (χ0n) is 20.6. The molecule has 0 saturated heterocycles. The molecule has 0 saturated carbocycles. The van der Waals surface area contributed by atoms with Gasteiger partial charge in [0, 0.05) is 35.0 Å². The second kappa shape index (κ2) is 10.3. The van der Waals surface area contributed by atoms with E-state index in [9.17, 15) is 29.5 Å². The number of aromatic nitrogens is 3. The number of nitrogens with one attached hydrogen (secondary N) is 1. The van der Waals surface area contributed by atoms with Crippen LogP contribution in [0.2, 0.25) is 5.02 Å². The van der Waals surface area contributed by atoms with Crippen LogP contribution in [0.1, 0.15) is 24.9 Å². The van der Waals surface area contributed by atoms with Crippen LogP contribution in [0.25, 0.3) is 22.0 Å². The molecule has 2 heterocycles. The molecule has 1 atom stereocenters. The topological polar surface area (TPSA) is 148 Å². The minimum atomic E-state index is -1.35. The van der Waals surface area contributed by atoms with E-state index in [1.807, 2.05) is 0 Å². The van der Waals surface area contributed by atoms with Gasteiger partial charge in [-0.2, -0.15) is 9.94 Å². The molecule has 0 aliphatic heterocycles. The second-order valence-corrected chi connectivity index (χ2v) is 8.81. The first-order valence-electron chi connectivity index (χ1n) is 11.4. The lowest BCUT2D eigenvalue weighted by Crippen LogP contribution is -2.32. The molecule has 2 N–H and O–H groups in total. The maximum atomic E-state index is 13.3. The van der Waals surface area contributed by atoms with Crippen molar-refractivity contribution >= 4 is 40.2 Å². The molecule has 0 fully saturated rings. The highest BCUT2D eigenvalue weighted by molar-refractivity contribution is 6.31. The van der Waals surface area contributed by atoms with E-state index < -0.39 is 29.2 Å². The van der Waals surface area contributed by atoms with Crippen molar-refractivity contribution in [1.82, 2.24) is 13.9 Å². The largest absolute Gasteiger partial charge is 0.495 e. The Morgan fingerprint density at radius 3 is 2.53 bits per heavy atom. The van der Waals surface area contributed by atoms with Crippen LogP contribution in [0.4, 0.5) is 10.5 Å². The molecule has 0 radical (unpaired) electrons. The molecule has 38 heavy (non-hydrogen) atoms. The van der Waals surface area contributed by atoms with Gasteiger partial charge in [-0.05, 0) is 42.8 Å². The Morgan fingerprint density at radius 2 is 1.89 bits per heavy atom. The highest BCUT2D eigenvalue weighted by atomic mass is 35.5. The quantitative estimate of drug-likeness (QED) is 0.381. The molecule has 194 valence electrons. The average molecular weight is 536 g/mol. The normalized spacial score (nSPS) is 11.7. The fourth-order valence-corrected chi connectivity index (χ4v) is 4.51. The number of hydrogen-bond donors (Lipinski definition) is 2.